The van der Waals surface area contributed by atoms with Crippen LogP contribution in [0.25, 0.3) is 0 Å². The second kappa shape index (κ2) is 6.21. The second-order valence-electron chi connectivity index (χ2n) is 4.95. The van der Waals surface area contributed by atoms with E-state index in [9.17, 15) is 10.1 Å². The molecule has 19 heavy (non-hydrogen) atoms. The molecule has 1 aliphatic carbocycles. The molecule has 1 aromatic rings. The van der Waals surface area contributed by atoms with Crippen molar-refractivity contribution in [3.63, 3.8) is 0 Å². The van der Waals surface area contributed by atoms with E-state index >= 15 is 0 Å². The monoisotopic (exact) mass is 283 g/mol. The number of nitrogens with zero attached hydrogens (tertiary/aromatic N) is 1. The first kappa shape index (κ1) is 14.1. The van der Waals surface area contributed by atoms with E-state index in [1.165, 1.54) is 18.6 Å². The molecule has 0 bridgehead atoms. The van der Waals surface area contributed by atoms with Gasteiger partial charge < -0.3 is 11.1 Å². The van der Waals surface area contributed by atoms with Crippen molar-refractivity contribution in [3.8, 4) is 0 Å². The van der Waals surface area contributed by atoms with Crippen molar-refractivity contribution in [1.29, 1.82) is 0 Å². The van der Waals surface area contributed by atoms with Crippen molar-refractivity contribution in [2.24, 2.45) is 11.7 Å². The van der Waals surface area contributed by atoms with Crippen LogP contribution in [-0.2, 0) is 0 Å². The quantitative estimate of drug-likeness (QED) is 0.657. The number of halogens is 1. The summed E-state index contributed by atoms with van der Waals surface area (Å²) in [5, 5.41) is 14.8. The first-order chi connectivity index (χ1) is 9.11. The third kappa shape index (κ3) is 3.36. The van der Waals surface area contributed by atoms with Crippen LogP contribution in [0.2, 0.25) is 5.02 Å². The Morgan fingerprint density at radius 1 is 1.42 bits per heavy atom. The minimum Gasteiger partial charge on any atom is -0.376 e. The highest BCUT2D eigenvalue weighted by atomic mass is 35.5. The summed E-state index contributed by atoms with van der Waals surface area (Å²) in [7, 11) is 0. The van der Waals surface area contributed by atoms with Crippen molar-refractivity contribution in [2.45, 2.75) is 31.7 Å². The predicted octanol–water partition coefficient (Wildman–Crippen LogP) is 3.18. The molecule has 104 valence electrons. The van der Waals surface area contributed by atoms with E-state index in [0.29, 0.717) is 23.2 Å². The van der Waals surface area contributed by atoms with Crippen LogP contribution in [0.15, 0.2) is 18.2 Å². The normalized spacial score (nSPS) is 23.1. The van der Waals surface area contributed by atoms with E-state index in [1.807, 2.05) is 0 Å². The van der Waals surface area contributed by atoms with Crippen LogP contribution in [0.4, 0.5) is 11.4 Å². The number of nitro benzene ring substituents is 1. The van der Waals surface area contributed by atoms with Gasteiger partial charge in [0.1, 0.15) is 5.69 Å². The zero-order valence-corrected chi connectivity index (χ0v) is 11.4. The standard InChI is InChI=1S/C13H18ClN3O2/c14-10-5-6-13(17(18)19)12(7-10)16-11-4-2-1-3-9(11)8-15/h5-7,9,11,16H,1-4,8,15H2. The zero-order chi connectivity index (χ0) is 13.8. The van der Waals surface area contributed by atoms with Crippen molar-refractivity contribution in [1.82, 2.24) is 0 Å². The van der Waals surface area contributed by atoms with Crippen LogP contribution in [0.5, 0.6) is 0 Å². The van der Waals surface area contributed by atoms with Gasteiger partial charge in [-0.15, -0.1) is 0 Å². The van der Waals surface area contributed by atoms with Crippen molar-refractivity contribution >= 4 is 23.0 Å². The first-order valence-corrected chi connectivity index (χ1v) is 6.90. The molecule has 0 radical (unpaired) electrons. The molecule has 2 unspecified atom stereocenters. The molecule has 1 aliphatic rings. The van der Waals surface area contributed by atoms with E-state index in [2.05, 4.69) is 5.32 Å². The summed E-state index contributed by atoms with van der Waals surface area (Å²) in [6.45, 7) is 0.603. The third-order valence-electron chi connectivity index (χ3n) is 3.71. The van der Waals surface area contributed by atoms with Gasteiger partial charge in [0.2, 0.25) is 0 Å². The van der Waals surface area contributed by atoms with Gasteiger partial charge in [-0.3, -0.25) is 10.1 Å². The number of nitrogens with two attached hydrogens (primary N) is 1. The lowest BCUT2D eigenvalue weighted by Crippen LogP contribution is -2.36. The van der Waals surface area contributed by atoms with Crippen molar-refractivity contribution < 1.29 is 4.92 Å². The Labute approximate surface area is 117 Å². The van der Waals surface area contributed by atoms with Crippen LogP contribution >= 0.6 is 11.6 Å². The Bertz CT molecular complexity index is 467. The maximum absolute atomic E-state index is 11.0. The summed E-state index contributed by atoms with van der Waals surface area (Å²) in [6, 6.07) is 4.77. The fourth-order valence-electron chi connectivity index (χ4n) is 2.66. The Hall–Kier alpha value is -1.33. The number of rotatable bonds is 4. The minimum absolute atomic E-state index is 0.0609. The fourth-order valence-corrected chi connectivity index (χ4v) is 2.83. The zero-order valence-electron chi connectivity index (χ0n) is 10.6. The number of benzene rings is 1. The van der Waals surface area contributed by atoms with E-state index in [1.54, 1.807) is 6.07 Å². The maximum atomic E-state index is 11.0. The molecule has 3 N–H and O–H groups in total. The molecule has 0 saturated heterocycles. The summed E-state index contributed by atoms with van der Waals surface area (Å²) in [5.74, 6) is 0.368. The van der Waals surface area contributed by atoms with Crippen LogP contribution < -0.4 is 11.1 Å². The van der Waals surface area contributed by atoms with E-state index in [0.717, 1.165) is 19.3 Å². The SMILES string of the molecule is NCC1CCCCC1Nc1cc(Cl)ccc1[N+](=O)[O-]. The van der Waals surface area contributed by atoms with Gasteiger partial charge in [0.15, 0.2) is 0 Å². The average Bonchev–Trinajstić information content (AvgIpc) is 2.39. The summed E-state index contributed by atoms with van der Waals surface area (Å²) >= 11 is 5.92. The number of nitrogens with one attached hydrogen (secondary N) is 1. The van der Waals surface area contributed by atoms with Crippen LogP contribution in [-0.4, -0.2) is 17.5 Å². The highest BCUT2D eigenvalue weighted by Crippen LogP contribution is 2.32. The summed E-state index contributed by atoms with van der Waals surface area (Å²) in [6.07, 6.45) is 4.37. The Balaban J connectivity index is 2.21. The summed E-state index contributed by atoms with van der Waals surface area (Å²) in [5.41, 5.74) is 6.32. The van der Waals surface area contributed by atoms with E-state index in [-0.39, 0.29) is 16.7 Å². The highest BCUT2D eigenvalue weighted by Gasteiger charge is 2.26. The van der Waals surface area contributed by atoms with Crippen molar-refractivity contribution in [2.75, 3.05) is 11.9 Å². The van der Waals surface area contributed by atoms with E-state index < -0.39 is 0 Å². The summed E-state index contributed by atoms with van der Waals surface area (Å²) < 4.78 is 0. The number of hydrogen-bond donors (Lipinski definition) is 2. The van der Waals surface area contributed by atoms with Gasteiger partial charge in [-0.05, 0) is 37.4 Å². The lowest BCUT2D eigenvalue weighted by atomic mass is 9.84. The van der Waals surface area contributed by atoms with Crippen molar-refractivity contribution in [3.05, 3.63) is 33.3 Å². The molecule has 1 fully saturated rings. The van der Waals surface area contributed by atoms with Gasteiger partial charge in [0.25, 0.3) is 5.69 Å². The van der Waals surface area contributed by atoms with Crippen LogP contribution in [0, 0.1) is 16.0 Å². The van der Waals surface area contributed by atoms with Gasteiger partial charge in [-0.2, -0.15) is 0 Å². The van der Waals surface area contributed by atoms with E-state index in [4.69, 9.17) is 17.3 Å². The maximum Gasteiger partial charge on any atom is 0.292 e. The van der Waals surface area contributed by atoms with Crippen LogP contribution in [0.1, 0.15) is 25.7 Å². The molecule has 6 heteroatoms. The molecule has 0 spiro atoms. The highest BCUT2D eigenvalue weighted by molar-refractivity contribution is 6.31. The Kier molecular flexibility index (Phi) is 4.61. The molecule has 5 nitrogen and oxygen atoms in total. The molecule has 0 aliphatic heterocycles. The molecule has 0 amide bonds. The summed E-state index contributed by atoms with van der Waals surface area (Å²) in [4.78, 5) is 10.6. The molecule has 0 heterocycles. The Morgan fingerprint density at radius 3 is 2.84 bits per heavy atom. The number of nitro groups is 1. The third-order valence-corrected chi connectivity index (χ3v) is 3.94. The minimum atomic E-state index is -0.390. The van der Waals surface area contributed by atoms with Gasteiger partial charge >= 0.3 is 0 Å². The van der Waals surface area contributed by atoms with Crippen LogP contribution in [0.3, 0.4) is 0 Å². The lowest BCUT2D eigenvalue weighted by Gasteiger charge is -2.31. The van der Waals surface area contributed by atoms with Gasteiger partial charge in [-0.1, -0.05) is 24.4 Å². The van der Waals surface area contributed by atoms with Gasteiger partial charge in [0.05, 0.1) is 4.92 Å². The molecular formula is C13H18ClN3O2. The molecule has 1 saturated carbocycles. The first-order valence-electron chi connectivity index (χ1n) is 6.52. The molecule has 1 aromatic carbocycles. The van der Waals surface area contributed by atoms with Gasteiger partial charge in [0, 0.05) is 17.1 Å². The number of anilines is 1. The predicted molar refractivity (Wildman–Crippen MR) is 76.5 cm³/mol. The Morgan fingerprint density at radius 2 is 2.16 bits per heavy atom. The topological polar surface area (TPSA) is 81.2 Å². The smallest absolute Gasteiger partial charge is 0.292 e. The second-order valence-corrected chi connectivity index (χ2v) is 5.39. The molecule has 0 aromatic heterocycles. The molecule has 2 rings (SSSR count). The molecule has 2 atom stereocenters. The largest absolute Gasteiger partial charge is 0.376 e. The fraction of sp³-hybridized carbons (Fsp3) is 0.538. The molecular weight excluding hydrogens is 266 g/mol. The average molecular weight is 284 g/mol. The number of hydrogen-bond acceptors (Lipinski definition) is 4. The van der Waals surface area contributed by atoms with Gasteiger partial charge in [-0.25, -0.2) is 0 Å². The lowest BCUT2D eigenvalue weighted by molar-refractivity contribution is -0.384.